The number of hydrogen-bond acceptors (Lipinski definition) is 1. The molecule has 0 N–H and O–H groups in total. The zero-order valence-corrected chi connectivity index (χ0v) is 12.7. The third kappa shape index (κ3) is 2.45. The molecule has 0 aliphatic heterocycles. The van der Waals surface area contributed by atoms with Crippen LogP contribution in [0.15, 0.2) is 54.6 Å². The largest absolute Gasteiger partial charge is 0.289 e. The van der Waals surface area contributed by atoms with Crippen molar-refractivity contribution >= 4 is 28.2 Å². The van der Waals surface area contributed by atoms with Crippen LogP contribution in [0.2, 0.25) is 5.02 Å². The SMILES string of the molecule is Cc1ccc(C(=O)c2ccc(C)c3ccccc23)cc1Cl. The van der Waals surface area contributed by atoms with E-state index in [0.29, 0.717) is 10.6 Å². The molecule has 0 saturated carbocycles. The van der Waals surface area contributed by atoms with Gasteiger partial charge in [-0.25, -0.2) is 0 Å². The normalized spacial score (nSPS) is 10.8. The Labute approximate surface area is 129 Å². The summed E-state index contributed by atoms with van der Waals surface area (Å²) in [4.78, 5) is 12.8. The van der Waals surface area contributed by atoms with Crippen molar-refractivity contribution in [3.05, 3.63) is 81.9 Å². The maximum atomic E-state index is 12.8. The monoisotopic (exact) mass is 294 g/mol. The van der Waals surface area contributed by atoms with Crippen molar-refractivity contribution in [1.29, 1.82) is 0 Å². The van der Waals surface area contributed by atoms with Crippen molar-refractivity contribution < 1.29 is 4.79 Å². The number of hydrogen-bond donors (Lipinski definition) is 0. The van der Waals surface area contributed by atoms with Crippen LogP contribution in [0, 0.1) is 13.8 Å². The first-order chi connectivity index (χ1) is 10.1. The molecule has 1 nitrogen and oxygen atoms in total. The summed E-state index contributed by atoms with van der Waals surface area (Å²) in [6.07, 6.45) is 0. The molecule has 0 amide bonds. The van der Waals surface area contributed by atoms with E-state index in [2.05, 4.69) is 6.92 Å². The lowest BCUT2D eigenvalue weighted by Gasteiger charge is -2.09. The van der Waals surface area contributed by atoms with E-state index in [1.54, 1.807) is 6.07 Å². The Kier molecular flexibility index (Phi) is 3.52. The lowest BCUT2D eigenvalue weighted by atomic mass is 9.94. The Bertz CT molecular complexity index is 849. The van der Waals surface area contributed by atoms with Gasteiger partial charge in [0.05, 0.1) is 0 Å². The summed E-state index contributed by atoms with van der Waals surface area (Å²) in [5.41, 5.74) is 3.49. The molecule has 0 fully saturated rings. The van der Waals surface area contributed by atoms with E-state index >= 15 is 0 Å². The maximum Gasteiger partial charge on any atom is 0.193 e. The second-order valence-corrected chi connectivity index (χ2v) is 5.68. The fraction of sp³-hybridized carbons (Fsp3) is 0.105. The highest BCUT2D eigenvalue weighted by Gasteiger charge is 2.14. The lowest BCUT2D eigenvalue weighted by Crippen LogP contribution is -2.03. The van der Waals surface area contributed by atoms with Gasteiger partial charge >= 0.3 is 0 Å². The summed E-state index contributed by atoms with van der Waals surface area (Å²) in [5, 5.41) is 2.72. The molecule has 2 heteroatoms. The van der Waals surface area contributed by atoms with Crippen molar-refractivity contribution in [3.8, 4) is 0 Å². The molecule has 0 aliphatic carbocycles. The number of halogens is 1. The second kappa shape index (κ2) is 5.34. The molecule has 0 atom stereocenters. The van der Waals surface area contributed by atoms with E-state index in [-0.39, 0.29) is 5.78 Å². The first-order valence-corrected chi connectivity index (χ1v) is 7.25. The minimum atomic E-state index is 0.00750. The fourth-order valence-electron chi connectivity index (χ4n) is 2.54. The second-order valence-electron chi connectivity index (χ2n) is 5.27. The van der Waals surface area contributed by atoms with Gasteiger partial charge in [-0.15, -0.1) is 0 Å². The van der Waals surface area contributed by atoms with E-state index < -0.39 is 0 Å². The molecule has 0 unspecified atom stereocenters. The highest BCUT2D eigenvalue weighted by Crippen LogP contribution is 2.26. The molecule has 104 valence electrons. The molecular formula is C19H15ClO. The average Bonchev–Trinajstić information content (AvgIpc) is 2.50. The summed E-state index contributed by atoms with van der Waals surface area (Å²) < 4.78 is 0. The summed E-state index contributed by atoms with van der Waals surface area (Å²) in [6, 6.07) is 17.3. The number of ketones is 1. The number of rotatable bonds is 2. The number of carbonyl (C=O) groups excluding carboxylic acids is 1. The van der Waals surface area contributed by atoms with Crippen LogP contribution in [0.5, 0.6) is 0 Å². The quantitative estimate of drug-likeness (QED) is 0.583. The zero-order valence-electron chi connectivity index (χ0n) is 12.0. The van der Waals surface area contributed by atoms with Crippen LogP contribution in [0.4, 0.5) is 0 Å². The molecule has 0 aliphatic rings. The van der Waals surface area contributed by atoms with Crippen LogP contribution in [-0.4, -0.2) is 5.78 Å². The number of benzene rings is 3. The van der Waals surface area contributed by atoms with Gasteiger partial charge < -0.3 is 0 Å². The van der Waals surface area contributed by atoms with Gasteiger partial charge in [0.1, 0.15) is 0 Å². The maximum absolute atomic E-state index is 12.8. The standard InChI is InChI=1S/C19H15ClO/c1-12-8-10-17(16-6-4-3-5-15(12)16)19(21)14-9-7-13(2)18(20)11-14/h3-11H,1-2H3. The molecule has 3 aromatic rings. The van der Waals surface area contributed by atoms with Crippen LogP contribution in [0.3, 0.4) is 0 Å². The highest BCUT2D eigenvalue weighted by atomic mass is 35.5. The van der Waals surface area contributed by atoms with E-state index in [1.165, 1.54) is 5.56 Å². The Morgan fingerprint density at radius 3 is 2.24 bits per heavy atom. The first kappa shape index (κ1) is 13.8. The molecule has 0 spiro atoms. The molecule has 0 aromatic heterocycles. The molecule has 3 rings (SSSR count). The molecule has 21 heavy (non-hydrogen) atoms. The minimum Gasteiger partial charge on any atom is -0.289 e. The topological polar surface area (TPSA) is 17.1 Å². The van der Waals surface area contributed by atoms with Crippen LogP contribution < -0.4 is 0 Å². The van der Waals surface area contributed by atoms with Gasteiger partial charge in [0.25, 0.3) is 0 Å². The Morgan fingerprint density at radius 2 is 1.52 bits per heavy atom. The van der Waals surface area contributed by atoms with Crippen LogP contribution in [0.25, 0.3) is 10.8 Å². The van der Waals surface area contributed by atoms with Crippen molar-refractivity contribution in [2.75, 3.05) is 0 Å². The van der Waals surface area contributed by atoms with Gasteiger partial charge in [-0.05, 0) is 41.8 Å². The van der Waals surface area contributed by atoms with Crippen LogP contribution >= 0.6 is 11.6 Å². The molecule has 3 aromatic carbocycles. The lowest BCUT2D eigenvalue weighted by molar-refractivity contribution is 0.104. The Balaban J connectivity index is 2.18. The van der Waals surface area contributed by atoms with E-state index in [0.717, 1.165) is 21.9 Å². The van der Waals surface area contributed by atoms with Gasteiger partial charge in [-0.2, -0.15) is 0 Å². The average molecular weight is 295 g/mol. The van der Waals surface area contributed by atoms with Crippen molar-refractivity contribution in [1.82, 2.24) is 0 Å². The highest BCUT2D eigenvalue weighted by molar-refractivity contribution is 6.32. The third-order valence-corrected chi connectivity index (χ3v) is 4.23. The molecule has 0 saturated heterocycles. The Hall–Kier alpha value is -2.12. The van der Waals surface area contributed by atoms with E-state index in [9.17, 15) is 4.79 Å². The van der Waals surface area contributed by atoms with Crippen LogP contribution in [-0.2, 0) is 0 Å². The van der Waals surface area contributed by atoms with E-state index in [1.807, 2.05) is 55.5 Å². The minimum absolute atomic E-state index is 0.00750. The summed E-state index contributed by atoms with van der Waals surface area (Å²) in [7, 11) is 0. The van der Waals surface area contributed by atoms with Crippen molar-refractivity contribution in [2.24, 2.45) is 0 Å². The Morgan fingerprint density at radius 1 is 0.857 bits per heavy atom. The predicted octanol–water partition coefficient (Wildman–Crippen LogP) is 5.34. The van der Waals surface area contributed by atoms with Gasteiger partial charge in [-0.1, -0.05) is 60.1 Å². The number of carbonyl (C=O) groups is 1. The number of fused-ring (bicyclic) bond motifs is 1. The van der Waals surface area contributed by atoms with Gasteiger partial charge in [0.15, 0.2) is 5.78 Å². The van der Waals surface area contributed by atoms with Crippen LogP contribution in [0.1, 0.15) is 27.0 Å². The predicted molar refractivity (Wildman–Crippen MR) is 88.3 cm³/mol. The summed E-state index contributed by atoms with van der Waals surface area (Å²) in [6.45, 7) is 3.98. The van der Waals surface area contributed by atoms with E-state index in [4.69, 9.17) is 11.6 Å². The fourth-order valence-corrected chi connectivity index (χ4v) is 2.72. The van der Waals surface area contributed by atoms with Gasteiger partial charge in [0.2, 0.25) is 0 Å². The first-order valence-electron chi connectivity index (χ1n) is 6.87. The smallest absolute Gasteiger partial charge is 0.193 e. The summed E-state index contributed by atoms with van der Waals surface area (Å²) in [5.74, 6) is 0.00750. The molecular weight excluding hydrogens is 280 g/mol. The van der Waals surface area contributed by atoms with Gasteiger partial charge in [-0.3, -0.25) is 4.79 Å². The number of aryl methyl sites for hydroxylation is 2. The summed E-state index contributed by atoms with van der Waals surface area (Å²) >= 11 is 6.14. The molecule has 0 heterocycles. The molecule has 0 bridgehead atoms. The molecule has 0 radical (unpaired) electrons. The van der Waals surface area contributed by atoms with Crippen molar-refractivity contribution in [3.63, 3.8) is 0 Å². The van der Waals surface area contributed by atoms with Crippen molar-refractivity contribution in [2.45, 2.75) is 13.8 Å². The zero-order chi connectivity index (χ0) is 15.0. The van der Waals surface area contributed by atoms with Gasteiger partial charge in [0, 0.05) is 16.1 Å². The third-order valence-electron chi connectivity index (χ3n) is 3.82.